The normalized spacial score (nSPS) is 11.3. The number of alkyl carbamates (subject to hydrolysis) is 1. The van der Waals surface area contributed by atoms with Gasteiger partial charge in [-0.2, -0.15) is 11.8 Å². The monoisotopic (exact) mass is 340 g/mol. The number of aliphatic carboxylic acids is 1. The fourth-order valence-corrected chi connectivity index (χ4v) is 2.17. The van der Waals surface area contributed by atoms with E-state index in [0.29, 0.717) is 12.2 Å². The number of thioether (sulfide) groups is 1. The van der Waals surface area contributed by atoms with Crippen LogP contribution in [0, 0.1) is 0 Å². The molecule has 0 bridgehead atoms. The fourth-order valence-electron chi connectivity index (χ4n) is 1.70. The third-order valence-corrected chi connectivity index (χ3v) is 3.49. The van der Waals surface area contributed by atoms with E-state index in [9.17, 15) is 14.4 Å². The Balaban J connectivity index is 2.49. The second-order valence-electron chi connectivity index (χ2n) is 4.65. The molecule has 0 radical (unpaired) electrons. The lowest BCUT2D eigenvalue weighted by Crippen LogP contribution is -2.48. The van der Waals surface area contributed by atoms with Crippen LogP contribution in [0.1, 0.15) is 12.0 Å². The van der Waals surface area contributed by atoms with E-state index in [1.54, 1.807) is 0 Å². The Hall–Kier alpha value is -2.22. The number of nitrogens with one attached hydrogen (secondary N) is 2. The number of benzene rings is 1. The van der Waals surface area contributed by atoms with Gasteiger partial charge in [-0.25, -0.2) is 4.79 Å². The number of rotatable bonds is 9. The van der Waals surface area contributed by atoms with Crippen LogP contribution in [0.15, 0.2) is 30.3 Å². The van der Waals surface area contributed by atoms with Crippen molar-refractivity contribution in [1.29, 1.82) is 0 Å². The number of hydrogen-bond acceptors (Lipinski definition) is 5. The lowest BCUT2D eigenvalue weighted by Gasteiger charge is -2.17. The highest BCUT2D eigenvalue weighted by Crippen LogP contribution is 2.04. The predicted octanol–water partition coefficient (Wildman–Crippen LogP) is 1.24. The Morgan fingerprint density at radius 1 is 1.26 bits per heavy atom. The Morgan fingerprint density at radius 2 is 1.96 bits per heavy atom. The van der Waals surface area contributed by atoms with Crippen LogP contribution in [0.5, 0.6) is 0 Å². The van der Waals surface area contributed by atoms with Gasteiger partial charge in [-0.15, -0.1) is 0 Å². The number of carbonyl (C=O) groups excluding carboxylic acids is 2. The van der Waals surface area contributed by atoms with E-state index in [2.05, 4.69) is 10.6 Å². The summed E-state index contributed by atoms with van der Waals surface area (Å²) >= 11 is 1.52. The standard InChI is InChI=1S/C15H20N2O5S/c1-23-8-7-12(14(20)16-9-13(18)19)17-15(21)22-10-11-5-3-2-4-6-11/h2-6,12H,7-10H2,1H3,(H,16,20)(H,17,21)(H,18,19). The van der Waals surface area contributed by atoms with Crippen LogP contribution in [0.25, 0.3) is 0 Å². The van der Waals surface area contributed by atoms with Gasteiger partial charge in [0, 0.05) is 0 Å². The quantitative estimate of drug-likeness (QED) is 0.625. The number of hydrogen-bond donors (Lipinski definition) is 3. The molecule has 1 atom stereocenters. The van der Waals surface area contributed by atoms with Gasteiger partial charge in [0.25, 0.3) is 0 Å². The molecule has 7 nitrogen and oxygen atoms in total. The Morgan fingerprint density at radius 3 is 2.57 bits per heavy atom. The molecule has 1 aromatic carbocycles. The third-order valence-electron chi connectivity index (χ3n) is 2.85. The van der Waals surface area contributed by atoms with Gasteiger partial charge in [0.15, 0.2) is 0 Å². The Kier molecular flexibility index (Phi) is 8.59. The van der Waals surface area contributed by atoms with Crippen LogP contribution in [-0.4, -0.2) is 47.7 Å². The summed E-state index contributed by atoms with van der Waals surface area (Å²) in [5, 5.41) is 13.3. The molecule has 0 aliphatic carbocycles. The van der Waals surface area contributed by atoms with Crippen LogP contribution in [-0.2, 0) is 20.9 Å². The molecule has 0 spiro atoms. The molecule has 23 heavy (non-hydrogen) atoms. The van der Waals surface area contributed by atoms with Crippen molar-refractivity contribution in [2.24, 2.45) is 0 Å². The van der Waals surface area contributed by atoms with Gasteiger partial charge < -0.3 is 20.5 Å². The van der Waals surface area contributed by atoms with Gasteiger partial charge in [-0.1, -0.05) is 30.3 Å². The van der Waals surface area contributed by atoms with E-state index in [0.717, 1.165) is 5.56 Å². The summed E-state index contributed by atoms with van der Waals surface area (Å²) in [7, 11) is 0. The van der Waals surface area contributed by atoms with Gasteiger partial charge in [-0.05, 0) is 24.0 Å². The molecule has 1 aromatic rings. The molecule has 1 rings (SSSR count). The number of carboxylic acid groups (broad SMARTS) is 1. The van der Waals surface area contributed by atoms with E-state index in [-0.39, 0.29) is 6.61 Å². The molecule has 0 aromatic heterocycles. The van der Waals surface area contributed by atoms with E-state index in [1.165, 1.54) is 11.8 Å². The van der Waals surface area contributed by atoms with Crippen molar-refractivity contribution in [3.8, 4) is 0 Å². The molecule has 8 heteroatoms. The maximum absolute atomic E-state index is 11.9. The first kappa shape index (κ1) is 18.8. The van der Waals surface area contributed by atoms with Crippen molar-refractivity contribution in [3.05, 3.63) is 35.9 Å². The molecule has 1 unspecified atom stereocenters. The topological polar surface area (TPSA) is 105 Å². The van der Waals surface area contributed by atoms with Gasteiger partial charge >= 0.3 is 12.1 Å². The lowest BCUT2D eigenvalue weighted by atomic mass is 10.2. The zero-order valence-corrected chi connectivity index (χ0v) is 13.6. The van der Waals surface area contributed by atoms with Crippen LogP contribution >= 0.6 is 11.8 Å². The van der Waals surface area contributed by atoms with Crippen LogP contribution in [0.4, 0.5) is 4.79 Å². The molecule has 0 fully saturated rings. The molecular formula is C15H20N2O5S. The number of amides is 2. The number of ether oxygens (including phenoxy) is 1. The van der Waals surface area contributed by atoms with Gasteiger partial charge in [-0.3, -0.25) is 9.59 Å². The van der Waals surface area contributed by atoms with E-state index < -0.39 is 30.6 Å². The summed E-state index contributed by atoms with van der Waals surface area (Å²) in [6.45, 7) is -0.395. The highest BCUT2D eigenvalue weighted by Gasteiger charge is 2.21. The van der Waals surface area contributed by atoms with Gasteiger partial charge in [0.2, 0.25) is 5.91 Å². The summed E-state index contributed by atoms with van der Waals surface area (Å²) in [6.07, 6.45) is 1.54. The summed E-state index contributed by atoms with van der Waals surface area (Å²) < 4.78 is 5.06. The number of carboxylic acids is 1. The van der Waals surface area contributed by atoms with Crippen molar-refractivity contribution >= 4 is 29.7 Å². The summed E-state index contributed by atoms with van der Waals surface area (Å²) in [5.41, 5.74) is 0.832. The van der Waals surface area contributed by atoms with E-state index >= 15 is 0 Å². The minimum atomic E-state index is -1.14. The van der Waals surface area contributed by atoms with E-state index in [1.807, 2.05) is 36.6 Å². The molecule has 2 amide bonds. The molecular weight excluding hydrogens is 320 g/mol. The van der Waals surface area contributed by atoms with Crippen LogP contribution in [0.3, 0.4) is 0 Å². The van der Waals surface area contributed by atoms with Crippen molar-refractivity contribution < 1.29 is 24.2 Å². The Labute approximate surface area is 138 Å². The molecule has 0 aliphatic heterocycles. The third kappa shape index (κ3) is 8.10. The fraction of sp³-hybridized carbons (Fsp3) is 0.400. The van der Waals surface area contributed by atoms with Crippen molar-refractivity contribution in [3.63, 3.8) is 0 Å². The van der Waals surface area contributed by atoms with Crippen molar-refractivity contribution in [1.82, 2.24) is 10.6 Å². The summed E-state index contributed by atoms with van der Waals surface area (Å²) in [4.78, 5) is 34.2. The highest BCUT2D eigenvalue weighted by atomic mass is 32.2. The summed E-state index contributed by atoms with van der Waals surface area (Å²) in [5.74, 6) is -1.05. The maximum atomic E-state index is 11.9. The minimum Gasteiger partial charge on any atom is -0.480 e. The first-order valence-electron chi connectivity index (χ1n) is 6.98. The lowest BCUT2D eigenvalue weighted by molar-refractivity contribution is -0.138. The largest absolute Gasteiger partial charge is 0.480 e. The molecule has 126 valence electrons. The Bertz CT molecular complexity index is 524. The first-order chi connectivity index (χ1) is 11.0. The van der Waals surface area contributed by atoms with Gasteiger partial charge in [0.05, 0.1) is 0 Å². The van der Waals surface area contributed by atoms with E-state index in [4.69, 9.17) is 9.84 Å². The molecule has 0 heterocycles. The SMILES string of the molecule is CSCCC(NC(=O)OCc1ccccc1)C(=O)NCC(=O)O. The number of carbonyl (C=O) groups is 3. The maximum Gasteiger partial charge on any atom is 0.408 e. The first-order valence-corrected chi connectivity index (χ1v) is 8.38. The van der Waals surface area contributed by atoms with Crippen LogP contribution in [0.2, 0.25) is 0 Å². The van der Waals surface area contributed by atoms with Crippen molar-refractivity contribution in [2.45, 2.75) is 19.1 Å². The molecule has 0 aliphatic rings. The summed E-state index contributed by atoms with van der Waals surface area (Å²) in [6, 6.07) is 8.32. The molecule has 3 N–H and O–H groups in total. The average molecular weight is 340 g/mol. The second-order valence-corrected chi connectivity index (χ2v) is 5.64. The molecule has 0 saturated heterocycles. The predicted molar refractivity (Wildman–Crippen MR) is 87.2 cm³/mol. The average Bonchev–Trinajstić information content (AvgIpc) is 2.55. The van der Waals surface area contributed by atoms with Crippen molar-refractivity contribution in [2.75, 3.05) is 18.6 Å². The highest BCUT2D eigenvalue weighted by molar-refractivity contribution is 7.98. The van der Waals surface area contributed by atoms with Gasteiger partial charge in [0.1, 0.15) is 19.2 Å². The second kappa shape index (κ2) is 10.5. The smallest absolute Gasteiger partial charge is 0.408 e. The zero-order chi connectivity index (χ0) is 17.1. The van der Waals surface area contributed by atoms with Crippen LogP contribution < -0.4 is 10.6 Å². The zero-order valence-electron chi connectivity index (χ0n) is 12.8. The molecule has 0 saturated carbocycles. The minimum absolute atomic E-state index is 0.0959.